The van der Waals surface area contributed by atoms with Crippen molar-refractivity contribution in [3.8, 4) is 17.2 Å². The van der Waals surface area contributed by atoms with Crippen LogP contribution in [0.25, 0.3) is 6.08 Å². The number of hydrogen-bond acceptors (Lipinski definition) is 7. The van der Waals surface area contributed by atoms with E-state index < -0.39 is 51.1 Å². The summed E-state index contributed by atoms with van der Waals surface area (Å²) < 4.78 is 10.5. The van der Waals surface area contributed by atoms with Crippen LogP contribution in [0.15, 0.2) is 29.9 Å². The fourth-order valence-electron chi connectivity index (χ4n) is 6.13. The molecule has 196 valence electrons. The summed E-state index contributed by atoms with van der Waals surface area (Å²) in [6.45, 7) is 0. The molecule has 2 saturated heterocycles. The quantitative estimate of drug-likeness (QED) is 0.227. The van der Waals surface area contributed by atoms with Gasteiger partial charge >= 0.3 is 0 Å². The molecule has 2 aliphatic heterocycles. The molecule has 4 amide bonds. The molecule has 12 heteroatoms. The van der Waals surface area contributed by atoms with Crippen molar-refractivity contribution in [2.75, 3.05) is 19.7 Å². The van der Waals surface area contributed by atoms with E-state index in [9.17, 15) is 24.3 Å². The van der Waals surface area contributed by atoms with Gasteiger partial charge in [0.15, 0.2) is 21.2 Å². The van der Waals surface area contributed by atoms with Crippen LogP contribution in [0.3, 0.4) is 0 Å². The molecule has 5 rings (SSSR count). The van der Waals surface area contributed by atoms with E-state index in [-0.39, 0.29) is 35.0 Å². The van der Waals surface area contributed by atoms with Crippen molar-refractivity contribution in [3.63, 3.8) is 0 Å². The van der Waals surface area contributed by atoms with Gasteiger partial charge in [-0.15, -0.1) is 23.2 Å². The second kappa shape index (κ2) is 9.03. The lowest BCUT2D eigenvalue weighted by Crippen LogP contribution is -2.60. The van der Waals surface area contributed by atoms with E-state index >= 15 is 0 Å². The zero-order valence-electron chi connectivity index (χ0n) is 19.8. The number of carbonyl (C=O) groups is 4. The van der Waals surface area contributed by atoms with Crippen molar-refractivity contribution in [2.45, 2.75) is 22.6 Å². The number of halogens is 3. The molecule has 0 unspecified atom stereocenters. The van der Waals surface area contributed by atoms with E-state index in [1.165, 1.54) is 14.2 Å². The molecule has 1 saturated carbocycles. The Morgan fingerprint density at radius 1 is 1.11 bits per heavy atom. The minimum absolute atomic E-state index is 0.0645. The van der Waals surface area contributed by atoms with Crippen molar-refractivity contribution in [1.29, 1.82) is 0 Å². The number of nitrogens with one attached hydrogen (secondary N) is 1. The predicted molar refractivity (Wildman–Crippen MR) is 137 cm³/mol. The summed E-state index contributed by atoms with van der Waals surface area (Å²) >= 11 is 17.3. The standard InChI is InChI=1S/C25H23BrCl2N2O7/c1-36-16-7-11(8-17(37-2)19(16)31)3-6-15-12-4-5-13-18(21(33)29-20(13)32)14(12)9-24(27)22(34)30(10-26)23(35)25(15,24)28/h3-4,6-8,13-15,18,31H,5,9-10H2,1-2H3,(H,29,32,33)/t13-,14+,15-,18-,24+,25-/m0/s1. The van der Waals surface area contributed by atoms with Gasteiger partial charge in [-0.05, 0) is 36.5 Å². The van der Waals surface area contributed by atoms with Gasteiger partial charge in [0.2, 0.25) is 17.6 Å². The van der Waals surface area contributed by atoms with Crippen LogP contribution >= 0.6 is 39.1 Å². The van der Waals surface area contributed by atoms with E-state index in [1.54, 1.807) is 24.3 Å². The first-order chi connectivity index (χ1) is 17.5. The van der Waals surface area contributed by atoms with Crippen molar-refractivity contribution >= 4 is 68.8 Å². The first-order valence-corrected chi connectivity index (χ1v) is 13.4. The van der Waals surface area contributed by atoms with Crippen LogP contribution < -0.4 is 14.8 Å². The number of nitrogens with zero attached hydrogens (tertiary/aromatic N) is 1. The average Bonchev–Trinajstić information content (AvgIpc) is 3.25. The number of carbonyl (C=O) groups excluding carboxylic acids is 4. The van der Waals surface area contributed by atoms with Gasteiger partial charge in [0, 0.05) is 5.92 Å². The fraction of sp³-hybridized carbons (Fsp3) is 0.440. The smallest absolute Gasteiger partial charge is 0.254 e. The van der Waals surface area contributed by atoms with Gasteiger partial charge < -0.3 is 14.6 Å². The Kier molecular flexibility index (Phi) is 6.36. The molecule has 0 radical (unpaired) electrons. The summed E-state index contributed by atoms with van der Waals surface area (Å²) in [5, 5.41) is 12.6. The van der Waals surface area contributed by atoms with Gasteiger partial charge in [0.1, 0.15) is 0 Å². The normalized spacial score (nSPS) is 34.7. The highest BCUT2D eigenvalue weighted by Gasteiger charge is 2.75. The topological polar surface area (TPSA) is 122 Å². The number of amides is 4. The maximum absolute atomic E-state index is 13.6. The molecule has 37 heavy (non-hydrogen) atoms. The lowest BCUT2D eigenvalue weighted by Gasteiger charge is -2.49. The third-order valence-electron chi connectivity index (χ3n) is 7.90. The highest BCUT2D eigenvalue weighted by Crippen LogP contribution is 2.62. The van der Waals surface area contributed by atoms with Gasteiger partial charge in [-0.3, -0.25) is 29.4 Å². The van der Waals surface area contributed by atoms with Crippen molar-refractivity contribution < 1.29 is 33.8 Å². The number of imide groups is 2. The highest BCUT2D eigenvalue weighted by molar-refractivity contribution is 9.09. The van der Waals surface area contributed by atoms with Crippen LogP contribution in [-0.2, 0) is 19.2 Å². The third kappa shape index (κ3) is 3.48. The van der Waals surface area contributed by atoms with E-state index in [2.05, 4.69) is 21.2 Å². The number of alkyl halides is 3. The Balaban J connectivity index is 1.66. The fourth-order valence-corrected chi connectivity index (χ4v) is 7.51. The number of phenolic OH excluding ortho intramolecular Hbond substituents is 1. The van der Waals surface area contributed by atoms with Gasteiger partial charge in [0.25, 0.3) is 11.8 Å². The molecule has 9 nitrogen and oxygen atoms in total. The molecule has 4 aliphatic rings. The highest BCUT2D eigenvalue weighted by atomic mass is 79.9. The average molecular weight is 614 g/mol. The third-order valence-corrected chi connectivity index (χ3v) is 9.83. The molecule has 1 aromatic carbocycles. The van der Waals surface area contributed by atoms with Gasteiger partial charge in [0.05, 0.1) is 31.5 Å². The van der Waals surface area contributed by atoms with Gasteiger partial charge in [-0.1, -0.05) is 39.7 Å². The number of allylic oxidation sites excluding steroid dienone is 3. The summed E-state index contributed by atoms with van der Waals surface area (Å²) in [5.74, 6) is -4.62. The molecule has 0 bridgehead atoms. The Labute approximate surface area is 230 Å². The van der Waals surface area contributed by atoms with E-state index in [4.69, 9.17) is 32.7 Å². The molecule has 6 atom stereocenters. The minimum atomic E-state index is -1.87. The van der Waals surface area contributed by atoms with Crippen molar-refractivity contribution in [1.82, 2.24) is 10.2 Å². The monoisotopic (exact) mass is 612 g/mol. The van der Waals surface area contributed by atoms with Crippen LogP contribution in [0.1, 0.15) is 18.4 Å². The minimum Gasteiger partial charge on any atom is -0.502 e. The van der Waals surface area contributed by atoms with Crippen molar-refractivity contribution in [3.05, 3.63) is 35.4 Å². The number of methoxy groups -OCH3 is 2. The number of benzene rings is 1. The second-order valence-corrected chi connectivity index (χ2v) is 11.3. The number of likely N-dealkylation sites (tertiary alicyclic amines) is 1. The molecule has 0 aromatic heterocycles. The maximum atomic E-state index is 13.6. The number of ether oxygens (including phenoxy) is 2. The summed E-state index contributed by atoms with van der Waals surface area (Å²) in [7, 11) is 2.80. The summed E-state index contributed by atoms with van der Waals surface area (Å²) in [6, 6.07) is 3.15. The Morgan fingerprint density at radius 2 is 1.76 bits per heavy atom. The molecular formula is C25H23BrCl2N2O7. The summed E-state index contributed by atoms with van der Waals surface area (Å²) in [5.41, 5.74) is 1.15. The maximum Gasteiger partial charge on any atom is 0.254 e. The van der Waals surface area contributed by atoms with Crippen LogP contribution in [0.5, 0.6) is 17.2 Å². The zero-order chi connectivity index (χ0) is 26.9. The summed E-state index contributed by atoms with van der Waals surface area (Å²) in [6.07, 6.45) is 5.41. The number of hydrogen-bond donors (Lipinski definition) is 2. The van der Waals surface area contributed by atoms with Crippen LogP contribution in [0.2, 0.25) is 0 Å². The predicted octanol–water partition coefficient (Wildman–Crippen LogP) is 2.95. The molecule has 0 spiro atoms. The lowest BCUT2D eigenvalue weighted by atomic mass is 9.57. The Morgan fingerprint density at radius 3 is 2.35 bits per heavy atom. The van der Waals surface area contributed by atoms with Crippen LogP contribution in [0, 0.1) is 23.7 Å². The summed E-state index contributed by atoms with van der Waals surface area (Å²) in [4.78, 5) is 49.5. The SMILES string of the molecule is COc1cc(C=C[C@H]2C3=CC[C@@H]4C(=O)NC(=O)[C@@H]4[C@@H]3C[C@@]3(Cl)C(=O)N(CBr)C(=O)[C@@]23Cl)cc(OC)c1O. The van der Waals surface area contributed by atoms with Gasteiger partial charge in [-0.2, -0.15) is 0 Å². The number of rotatable bonds is 5. The van der Waals surface area contributed by atoms with Crippen LogP contribution in [0.4, 0.5) is 0 Å². The number of fused-ring (bicyclic) bond motifs is 4. The first kappa shape index (κ1) is 26.1. The lowest BCUT2D eigenvalue weighted by molar-refractivity contribution is -0.138. The molecule has 2 heterocycles. The Bertz CT molecular complexity index is 1270. The van der Waals surface area contributed by atoms with Crippen molar-refractivity contribution in [2.24, 2.45) is 23.7 Å². The number of phenols is 1. The molecule has 2 aliphatic carbocycles. The largest absolute Gasteiger partial charge is 0.502 e. The number of aromatic hydroxyl groups is 1. The molecule has 1 aromatic rings. The van der Waals surface area contributed by atoms with Gasteiger partial charge in [-0.25, -0.2) is 0 Å². The first-order valence-electron chi connectivity index (χ1n) is 11.5. The molecular weight excluding hydrogens is 591 g/mol. The molecule has 2 N–H and O–H groups in total. The van der Waals surface area contributed by atoms with Crippen LogP contribution in [-0.4, -0.2) is 63.1 Å². The molecule has 3 fully saturated rings. The van der Waals surface area contributed by atoms with E-state index in [0.717, 1.165) is 4.90 Å². The Hall–Kier alpha value is -2.56. The van der Waals surface area contributed by atoms with E-state index in [1.807, 2.05) is 6.08 Å². The second-order valence-electron chi connectivity index (χ2n) is 9.52. The van der Waals surface area contributed by atoms with E-state index in [0.29, 0.717) is 17.6 Å². The zero-order valence-corrected chi connectivity index (χ0v) is 22.9.